The van der Waals surface area contributed by atoms with E-state index < -0.39 is 5.54 Å². The minimum Gasteiger partial charge on any atom is -0.490 e. The second-order valence-corrected chi connectivity index (χ2v) is 4.34. The zero-order valence-corrected chi connectivity index (χ0v) is 9.46. The summed E-state index contributed by atoms with van der Waals surface area (Å²) < 4.78 is 5.36. The Morgan fingerprint density at radius 2 is 2.14 bits per heavy atom. The summed E-state index contributed by atoms with van der Waals surface area (Å²) in [5, 5.41) is 0. The summed E-state index contributed by atoms with van der Waals surface area (Å²) in [7, 11) is 3.81. The molecule has 0 N–H and O–H groups in total. The zero-order valence-electron chi connectivity index (χ0n) is 9.46. The molecule has 0 saturated carbocycles. The molecule has 1 heterocycles. The molecule has 0 aromatic rings. The molecular formula is C11H19NO2. The van der Waals surface area contributed by atoms with E-state index in [1.165, 1.54) is 0 Å². The van der Waals surface area contributed by atoms with Crippen LogP contribution in [0.5, 0.6) is 0 Å². The molecule has 0 saturated heterocycles. The maximum Gasteiger partial charge on any atom is 0.216 e. The molecule has 0 aromatic heterocycles. The van der Waals surface area contributed by atoms with Gasteiger partial charge in [-0.1, -0.05) is 0 Å². The molecule has 3 nitrogen and oxygen atoms in total. The Morgan fingerprint density at radius 1 is 1.50 bits per heavy atom. The van der Waals surface area contributed by atoms with Gasteiger partial charge in [0, 0.05) is 0 Å². The summed E-state index contributed by atoms with van der Waals surface area (Å²) in [5.41, 5.74) is -0.483. The molecule has 1 rings (SSSR count). The highest BCUT2D eigenvalue weighted by Gasteiger charge is 2.33. The van der Waals surface area contributed by atoms with Crippen LogP contribution in [0.1, 0.15) is 26.7 Å². The van der Waals surface area contributed by atoms with Gasteiger partial charge in [0.25, 0.3) is 0 Å². The predicted molar refractivity (Wildman–Crippen MR) is 56.0 cm³/mol. The molecule has 14 heavy (non-hydrogen) atoms. The second kappa shape index (κ2) is 4.13. The summed E-state index contributed by atoms with van der Waals surface area (Å²) in [5.74, 6) is 0.608. The van der Waals surface area contributed by atoms with Gasteiger partial charge < -0.3 is 4.74 Å². The van der Waals surface area contributed by atoms with Crippen LogP contribution in [0, 0.1) is 0 Å². The third kappa shape index (κ3) is 2.15. The lowest BCUT2D eigenvalue weighted by molar-refractivity contribution is -0.128. The van der Waals surface area contributed by atoms with E-state index in [-0.39, 0.29) is 5.78 Å². The molecular weight excluding hydrogens is 178 g/mol. The van der Waals surface area contributed by atoms with Gasteiger partial charge in [-0.3, -0.25) is 9.69 Å². The van der Waals surface area contributed by atoms with Crippen molar-refractivity contribution in [2.45, 2.75) is 32.2 Å². The smallest absolute Gasteiger partial charge is 0.216 e. The number of hydrogen-bond acceptors (Lipinski definition) is 3. The topological polar surface area (TPSA) is 29.5 Å². The molecule has 3 heteroatoms. The molecule has 1 aliphatic rings. The molecule has 0 atom stereocenters. The van der Waals surface area contributed by atoms with Crippen molar-refractivity contribution in [1.82, 2.24) is 4.90 Å². The number of carbonyl (C=O) groups is 1. The van der Waals surface area contributed by atoms with E-state index in [9.17, 15) is 4.79 Å². The number of hydrogen-bond donors (Lipinski definition) is 0. The third-order valence-corrected chi connectivity index (χ3v) is 2.83. The van der Waals surface area contributed by atoms with Gasteiger partial charge in [0.1, 0.15) is 0 Å². The van der Waals surface area contributed by atoms with Crippen molar-refractivity contribution in [2.75, 3.05) is 20.7 Å². The monoisotopic (exact) mass is 197 g/mol. The van der Waals surface area contributed by atoms with Crippen LogP contribution in [0.3, 0.4) is 0 Å². The van der Waals surface area contributed by atoms with E-state index in [1.54, 1.807) is 0 Å². The second-order valence-electron chi connectivity index (χ2n) is 4.34. The average Bonchev–Trinajstić information content (AvgIpc) is 2.17. The lowest BCUT2D eigenvalue weighted by atomic mass is 9.95. The van der Waals surface area contributed by atoms with Crippen LogP contribution in [-0.4, -0.2) is 36.9 Å². The quantitative estimate of drug-likeness (QED) is 0.688. The highest BCUT2D eigenvalue weighted by atomic mass is 16.5. The highest BCUT2D eigenvalue weighted by molar-refractivity contribution is 6.00. The largest absolute Gasteiger partial charge is 0.490 e. The Balaban J connectivity index is 2.78. The van der Waals surface area contributed by atoms with Crippen LogP contribution in [0.25, 0.3) is 0 Å². The molecule has 0 bridgehead atoms. The normalized spacial score (nSPS) is 17.6. The van der Waals surface area contributed by atoms with Gasteiger partial charge in [-0.25, -0.2) is 0 Å². The van der Waals surface area contributed by atoms with Crippen LogP contribution in [-0.2, 0) is 9.53 Å². The zero-order chi connectivity index (χ0) is 10.8. The number of ketones is 1. The van der Waals surface area contributed by atoms with Crippen molar-refractivity contribution >= 4 is 5.78 Å². The van der Waals surface area contributed by atoms with Crippen molar-refractivity contribution in [3.63, 3.8) is 0 Å². The van der Waals surface area contributed by atoms with Crippen molar-refractivity contribution in [3.05, 3.63) is 11.8 Å². The van der Waals surface area contributed by atoms with E-state index >= 15 is 0 Å². The Labute approximate surface area is 85.7 Å². The molecule has 0 aliphatic carbocycles. The van der Waals surface area contributed by atoms with Gasteiger partial charge in [-0.05, 0) is 46.9 Å². The predicted octanol–water partition coefficient (Wildman–Crippen LogP) is 1.59. The standard InChI is InChI=1S/C11H19NO2/c1-11(2,12(3)4)10(13)9-7-5-6-8-14-9/h7H,5-6,8H2,1-4H3. The first kappa shape index (κ1) is 11.2. The number of likely N-dealkylation sites (N-methyl/N-ethyl adjacent to an activating group) is 1. The Bertz CT molecular complexity index is 254. The molecule has 0 aromatic carbocycles. The fourth-order valence-electron chi connectivity index (χ4n) is 1.22. The maximum atomic E-state index is 12.0. The molecule has 1 aliphatic heterocycles. The Morgan fingerprint density at radius 3 is 2.57 bits per heavy atom. The number of nitrogens with zero attached hydrogens (tertiary/aromatic N) is 1. The van der Waals surface area contributed by atoms with Crippen LogP contribution in [0.4, 0.5) is 0 Å². The summed E-state index contributed by atoms with van der Waals surface area (Å²) in [6.45, 7) is 4.49. The van der Waals surface area contributed by atoms with E-state index in [1.807, 2.05) is 38.9 Å². The fourth-order valence-corrected chi connectivity index (χ4v) is 1.22. The lowest BCUT2D eigenvalue weighted by Gasteiger charge is -2.32. The lowest BCUT2D eigenvalue weighted by Crippen LogP contribution is -2.47. The van der Waals surface area contributed by atoms with E-state index in [0.29, 0.717) is 12.4 Å². The molecule has 0 amide bonds. The van der Waals surface area contributed by atoms with Crippen LogP contribution >= 0.6 is 0 Å². The van der Waals surface area contributed by atoms with E-state index in [0.717, 1.165) is 12.8 Å². The average molecular weight is 197 g/mol. The summed E-state index contributed by atoms with van der Waals surface area (Å²) in [4.78, 5) is 13.9. The Kier molecular flexibility index (Phi) is 3.32. The van der Waals surface area contributed by atoms with Crippen molar-refractivity contribution in [3.8, 4) is 0 Å². The van der Waals surface area contributed by atoms with Crippen LogP contribution in [0.2, 0.25) is 0 Å². The van der Waals surface area contributed by atoms with E-state index in [2.05, 4.69) is 0 Å². The molecule has 0 spiro atoms. The molecule has 0 unspecified atom stereocenters. The first-order valence-electron chi connectivity index (χ1n) is 5.01. The van der Waals surface area contributed by atoms with Gasteiger partial charge in [0.05, 0.1) is 12.1 Å². The maximum absolute atomic E-state index is 12.0. The fraction of sp³-hybridized carbons (Fsp3) is 0.727. The van der Waals surface area contributed by atoms with Gasteiger partial charge >= 0.3 is 0 Å². The SMILES string of the molecule is CN(C)C(C)(C)C(=O)C1=CCCCO1. The number of carbonyl (C=O) groups excluding carboxylic acids is 1. The minimum absolute atomic E-state index is 0.0715. The highest BCUT2D eigenvalue weighted by Crippen LogP contribution is 2.20. The van der Waals surface area contributed by atoms with Crippen LogP contribution in [0.15, 0.2) is 11.8 Å². The number of allylic oxidation sites excluding steroid dienone is 1. The number of ether oxygens (including phenoxy) is 1. The molecule has 0 radical (unpaired) electrons. The first-order chi connectivity index (χ1) is 6.46. The summed E-state index contributed by atoms with van der Waals surface area (Å²) in [6.07, 6.45) is 3.86. The van der Waals surface area contributed by atoms with Gasteiger partial charge in [-0.15, -0.1) is 0 Å². The number of rotatable bonds is 3. The number of Topliss-reactive ketones (excluding diaryl/α,β-unsaturated/α-hetero) is 1. The minimum atomic E-state index is -0.483. The Hall–Kier alpha value is -0.830. The van der Waals surface area contributed by atoms with Crippen molar-refractivity contribution < 1.29 is 9.53 Å². The summed E-state index contributed by atoms with van der Waals surface area (Å²) in [6, 6.07) is 0. The summed E-state index contributed by atoms with van der Waals surface area (Å²) >= 11 is 0. The third-order valence-electron chi connectivity index (χ3n) is 2.83. The van der Waals surface area contributed by atoms with Gasteiger partial charge in [-0.2, -0.15) is 0 Å². The van der Waals surface area contributed by atoms with Gasteiger partial charge in [0.2, 0.25) is 5.78 Å². The van der Waals surface area contributed by atoms with Gasteiger partial charge in [0.15, 0.2) is 5.76 Å². The van der Waals surface area contributed by atoms with E-state index in [4.69, 9.17) is 4.74 Å². The van der Waals surface area contributed by atoms with Crippen molar-refractivity contribution in [2.24, 2.45) is 0 Å². The van der Waals surface area contributed by atoms with Crippen molar-refractivity contribution in [1.29, 1.82) is 0 Å². The van der Waals surface area contributed by atoms with Crippen LogP contribution < -0.4 is 0 Å². The molecule has 0 fully saturated rings. The molecule has 80 valence electrons. The first-order valence-corrected chi connectivity index (χ1v) is 5.01.